The molecule has 0 aromatic rings. The van der Waals surface area contributed by atoms with Crippen molar-refractivity contribution >= 4 is 15.9 Å². The van der Waals surface area contributed by atoms with Crippen LogP contribution in [0.15, 0.2) is 0 Å². The van der Waals surface area contributed by atoms with Crippen molar-refractivity contribution in [3.63, 3.8) is 0 Å². The summed E-state index contributed by atoms with van der Waals surface area (Å²) in [6.07, 6.45) is 1.70. The second-order valence-electron chi connectivity index (χ2n) is 1.80. The van der Waals surface area contributed by atoms with Gasteiger partial charge in [-0.2, -0.15) is 0 Å². The summed E-state index contributed by atoms with van der Waals surface area (Å²) in [4.78, 5) is 0.604. The summed E-state index contributed by atoms with van der Waals surface area (Å²) in [5.41, 5.74) is 0. The maximum atomic E-state index is 5.01. The van der Waals surface area contributed by atoms with Crippen molar-refractivity contribution in [3.05, 3.63) is 0 Å². The third-order valence-electron chi connectivity index (χ3n) is 1.15. The fraction of sp³-hybridized carbons (Fsp3) is 1.00. The average molecular weight is 165 g/mol. The van der Waals surface area contributed by atoms with Crippen LogP contribution in [0.1, 0.15) is 13.3 Å². The van der Waals surface area contributed by atoms with Gasteiger partial charge in [-0.3, -0.25) is 0 Å². The Morgan fingerprint density at radius 2 is 2.57 bits per heavy atom. The van der Waals surface area contributed by atoms with Gasteiger partial charge in [-0.1, -0.05) is 22.9 Å². The van der Waals surface area contributed by atoms with E-state index in [1.807, 2.05) is 0 Å². The van der Waals surface area contributed by atoms with Crippen molar-refractivity contribution in [1.29, 1.82) is 0 Å². The van der Waals surface area contributed by atoms with Gasteiger partial charge >= 0.3 is 0 Å². The van der Waals surface area contributed by atoms with E-state index in [-0.39, 0.29) is 0 Å². The van der Waals surface area contributed by atoms with Gasteiger partial charge in [-0.05, 0) is 6.42 Å². The molecule has 1 aliphatic heterocycles. The molecule has 1 rings (SSSR count). The molecule has 0 aromatic heterocycles. The standard InChI is InChI=1S/C5H9BrO/c1-2-4(6)5-3-7-5/h4-5H,2-3H2,1H3/t4-,5-/m1/s1. The second-order valence-corrected chi connectivity index (χ2v) is 2.97. The van der Waals surface area contributed by atoms with Crippen LogP contribution in [0.2, 0.25) is 0 Å². The zero-order chi connectivity index (χ0) is 5.28. The Bertz CT molecular complexity index is 61.1. The van der Waals surface area contributed by atoms with Gasteiger partial charge in [0.05, 0.1) is 12.7 Å². The zero-order valence-electron chi connectivity index (χ0n) is 4.36. The molecule has 0 spiro atoms. The lowest BCUT2D eigenvalue weighted by Crippen LogP contribution is -2.02. The smallest absolute Gasteiger partial charge is 0.0934 e. The van der Waals surface area contributed by atoms with Crippen molar-refractivity contribution in [2.75, 3.05) is 6.61 Å². The number of rotatable bonds is 2. The highest BCUT2D eigenvalue weighted by Gasteiger charge is 2.28. The molecule has 0 bridgehead atoms. The molecule has 1 fully saturated rings. The predicted octanol–water partition coefficient (Wildman–Crippen LogP) is 1.56. The normalized spacial score (nSPS) is 32.6. The Hall–Kier alpha value is 0.440. The molecule has 0 amide bonds. The minimum absolute atomic E-state index is 0.532. The van der Waals surface area contributed by atoms with Gasteiger partial charge in [0, 0.05) is 4.83 Å². The van der Waals surface area contributed by atoms with E-state index in [1.54, 1.807) is 0 Å². The third kappa shape index (κ3) is 1.42. The van der Waals surface area contributed by atoms with E-state index >= 15 is 0 Å². The second kappa shape index (κ2) is 2.14. The Labute approximate surface area is 52.2 Å². The lowest BCUT2D eigenvalue weighted by atomic mass is 10.3. The first kappa shape index (κ1) is 5.57. The quantitative estimate of drug-likeness (QED) is 0.446. The average Bonchev–Trinajstić information content (AvgIpc) is 2.44. The van der Waals surface area contributed by atoms with Crippen molar-refractivity contribution < 1.29 is 4.74 Å². The molecule has 2 heteroatoms. The topological polar surface area (TPSA) is 12.5 Å². The van der Waals surface area contributed by atoms with Crippen LogP contribution in [0.3, 0.4) is 0 Å². The fourth-order valence-corrected chi connectivity index (χ4v) is 0.832. The van der Waals surface area contributed by atoms with Gasteiger partial charge in [0.2, 0.25) is 0 Å². The molecule has 0 aromatic carbocycles. The Balaban J connectivity index is 2.10. The third-order valence-corrected chi connectivity index (χ3v) is 2.39. The van der Waals surface area contributed by atoms with Crippen LogP contribution in [0.5, 0.6) is 0 Å². The highest BCUT2D eigenvalue weighted by Crippen LogP contribution is 2.22. The lowest BCUT2D eigenvalue weighted by molar-refractivity contribution is 0.402. The van der Waals surface area contributed by atoms with Gasteiger partial charge in [-0.15, -0.1) is 0 Å². The van der Waals surface area contributed by atoms with Gasteiger partial charge in [0.25, 0.3) is 0 Å². The van der Waals surface area contributed by atoms with E-state index in [1.165, 1.54) is 6.42 Å². The highest BCUT2D eigenvalue weighted by atomic mass is 79.9. The number of epoxide rings is 1. The molecule has 1 saturated heterocycles. The lowest BCUT2D eigenvalue weighted by Gasteiger charge is -1.96. The first-order valence-electron chi connectivity index (χ1n) is 2.60. The molecular formula is C5H9BrO. The van der Waals surface area contributed by atoms with Gasteiger partial charge in [-0.25, -0.2) is 0 Å². The van der Waals surface area contributed by atoms with Crippen molar-refractivity contribution in [2.45, 2.75) is 24.3 Å². The molecule has 0 N–H and O–H groups in total. The monoisotopic (exact) mass is 164 g/mol. The number of halogens is 1. The largest absolute Gasteiger partial charge is 0.372 e. The molecule has 2 atom stereocenters. The Morgan fingerprint density at radius 1 is 2.00 bits per heavy atom. The van der Waals surface area contributed by atoms with Gasteiger partial charge in [0.1, 0.15) is 0 Å². The molecule has 0 unspecified atom stereocenters. The Morgan fingerprint density at radius 3 is 2.71 bits per heavy atom. The number of hydrogen-bond acceptors (Lipinski definition) is 1. The van der Waals surface area contributed by atoms with Crippen LogP contribution in [0.4, 0.5) is 0 Å². The predicted molar refractivity (Wildman–Crippen MR) is 32.7 cm³/mol. The highest BCUT2D eigenvalue weighted by molar-refractivity contribution is 9.09. The summed E-state index contributed by atoms with van der Waals surface area (Å²) < 4.78 is 5.01. The van der Waals surface area contributed by atoms with Crippen molar-refractivity contribution in [1.82, 2.24) is 0 Å². The minimum atomic E-state index is 0.532. The first-order chi connectivity index (χ1) is 3.34. The van der Waals surface area contributed by atoms with Crippen LogP contribution in [0.25, 0.3) is 0 Å². The van der Waals surface area contributed by atoms with Crippen LogP contribution >= 0.6 is 15.9 Å². The molecule has 42 valence electrons. The minimum Gasteiger partial charge on any atom is -0.372 e. The fourth-order valence-electron chi connectivity index (χ4n) is 0.527. The van der Waals surface area contributed by atoms with E-state index in [9.17, 15) is 0 Å². The zero-order valence-corrected chi connectivity index (χ0v) is 5.94. The van der Waals surface area contributed by atoms with E-state index in [2.05, 4.69) is 22.9 Å². The maximum absolute atomic E-state index is 5.01. The molecule has 0 aliphatic carbocycles. The van der Waals surface area contributed by atoms with E-state index in [0.29, 0.717) is 10.9 Å². The molecule has 0 saturated carbocycles. The number of hydrogen-bond donors (Lipinski definition) is 0. The van der Waals surface area contributed by atoms with Gasteiger partial charge in [0.15, 0.2) is 0 Å². The maximum Gasteiger partial charge on any atom is 0.0934 e. The van der Waals surface area contributed by atoms with Crippen LogP contribution in [-0.2, 0) is 4.74 Å². The van der Waals surface area contributed by atoms with E-state index in [4.69, 9.17) is 4.74 Å². The molecular weight excluding hydrogens is 156 g/mol. The first-order valence-corrected chi connectivity index (χ1v) is 3.52. The number of ether oxygens (including phenoxy) is 1. The van der Waals surface area contributed by atoms with Gasteiger partial charge < -0.3 is 4.74 Å². The van der Waals surface area contributed by atoms with E-state index < -0.39 is 0 Å². The molecule has 1 aliphatic rings. The molecule has 1 nitrogen and oxygen atoms in total. The summed E-state index contributed by atoms with van der Waals surface area (Å²) in [5.74, 6) is 0. The molecule has 7 heavy (non-hydrogen) atoms. The van der Waals surface area contributed by atoms with Crippen molar-refractivity contribution in [3.8, 4) is 0 Å². The molecule has 1 heterocycles. The summed E-state index contributed by atoms with van der Waals surface area (Å²) in [5, 5.41) is 0. The summed E-state index contributed by atoms with van der Waals surface area (Å²) >= 11 is 3.48. The van der Waals surface area contributed by atoms with Crippen LogP contribution in [-0.4, -0.2) is 17.5 Å². The number of alkyl halides is 1. The van der Waals surface area contributed by atoms with Crippen molar-refractivity contribution in [2.24, 2.45) is 0 Å². The van der Waals surface area contributed by atoms with Crippen LogP contribution in [0, 0.1) is 0 Å². The molecule has 0 radical (unpaired) electrons. The summed E-state index contributed by atoms with van der Waals surface area (Å²) in [6, 6.07) is 0. The Kier molecular flexibility index (Phi) is 1.70. The SMILES string of the molecule is CC[C@@H](Br)[C@H]1CO1. The van der Waals surface area contributed by atoms with E-state index in [0.717, 1.165) is 6.61 Å². The van der Waals surface area contributed by atoms with Crippen LogP contribution < -0.4 is 0 Å². The summed E-state index contributed by atoms with van der Waals surface area (Å²) in [6.45, 7) is 3.12. The summed E-state index contributed by atoms with van der Waals surface area (Å²) in [7, 11) is 0.